The molecule has 1 unspecified atom stereocenters. The van der Waals surface area contributed by atoms with Crippen LogP contribution in [0, 0.1) is 13.8 Å². The molecule has 1 atom stereocenters. The minimum absolute atomic E-state index is 0.114. The van der Waals surface area contributed by atoms with Crippen molar-refractivity contribution in [2.75, 3.05) is 73.4 Å². The maximum absolute atomic E-state index is 13.0. The number of hydrogen-bond acceptors (Lipinski definition) is 7. The number of likely N-dealkylation sites (N-methyl/N-ethyl adjacent to an activating group) is 4. The van der Waals surface area contributed by atoms with E-state index in [1.807, 2.05) is 65.3 Å². The van der Waals surface area contributed by atoms with Crippen LogP contribution in [0.3, 0.4) is 0 Å². The van der Waals surface area contributed by atoms with Crippen molar-refractivity contribution in [3.8, 4) is 5.75 Å². The number of amides is 2. The fourth-order valence-electron chi connectivity index (χ4n) is 3.65. The molecule has 0 saturated carbocycles. The lowest BCUT2D eigenvalue weighted by atomic mass is 10.1. The van der Waals surface area contributed by atoms with Gasteiger partial charge in [-0.2, -0.15) is 0 Å². The van der Waals surface area contributed by atoms with Gasteiger partial charge in [0.1, 0.15) is 22.6 Å². The van der Waals surface area contributed by atoms with Crippen LogP contribution >= 0.6 is 0 Å². The zero-order valence-electron chi connectivity index (χ0n) is 23.2. The minimum atomic E-state index is -1.54. The highest BCUT2D eigenvalue weighted by atomic mass is 32.2. The highest BCUT2D eigenvalue weighted by Crippen LogP contribution is 2.25. The Kier molecular flexibility index (Phi) is 11.5. The van der Waals surface area contributed by atoms with Crippen LogP contribution in [0.25, 0.3) is 0 Å². The Hall–Kier alpha value is -3.02. The van der Waals surface area contributed by atoms with E-state index in [9.17, 15) is 13.8 Å². The Morgan fingerprint density at radius 3 is 2.27 bits per heavy atom. The van der Waals surface area contributed by atoms with Crippen LogP contribution in [0.15, 0.2) is 35.2 Å². The predicted octanol–water partition coefficient (Wildman–Crippen LogP) is 1.43. The van der Waals surface area contributed by atoms with Gasteiger partial charge >= 0.3 is 0 Å². The molecule has 1 heterocycles. The number of nitrogens with one attached hydrogen (secondary N) is 1. The van der Waals surface area contributed by atoms with Crippen molar-refractivity contribution >= 4 is 28.6 Å². The number of pyridine rings is 1. The summed E-state index contributed by atoms with van der Waals surface area (Å²) in [6, 6.07) is 9.37. The second-order valence-electron chi connectivity index (χ2n) is 9.36. The molecule has 1 N–H and O–H groups in total. The van der Waals surface area contributed by atoms with Crippen molar-refractivity contribution in [1.29, 1.82) is 0 Å². The number of aryl methyl sites for hydroxylation is 2. The summed E-state index contributed by atoms with van der Waals surface area (Å²) in [4.78, 5) is 36.1. The van der Waals surface area contributed by atoms with Gasteiger partial charge in [-0.25, -0.2) is 13.5 Å². The first-order valence-electron chi connectivity index (χ1n) is 12.0. The van der Waals surface area contributed by atoms with Crippen LogP contribution in [-0.2, 0) is 27.1 Å². The fourth-order valence-corrected chi connectivity index (χ4v) is 4.86. The first-order chi connectivity index (χ1) is 17.4. The first kappa shape index (κ1) is 30.2. The molecule has 0 saturated heterocycles. The van der Waals surface area contributed by atoms with E-state index in [-0.39, 0.29) is 24.9 Å². The van der Waals surface area contributed by atoms with Gasteiger partial charge in [-0.1, -0.05) is 6.07 Å². The Labute approximate surface area is 223 Å². The van der Waals surface area contributed by atoms with Crippen LogP contribution in [0.2, 0.25) is 0 Å². The third kappa shape index (κ3) is 9.10. The number of carbonyl (C=O) groups excluding carboxylic acids is 2. The Bertz CT molecular complexity index is 1090. The molecule has 37 heavy (non-hydrogen) atoms. The zero-order valence-corrected chi connectivity index (χ0v) is 24.0. The van der Waals surface area contributed by atoms with Crippen LogP contribution in [-0.4, -0.2) is 104 Å². The largest absolute Gasteiger partial charge is 0.497 e. The van der Waals surface area contributed by atoms with E-state index in [1.165, 1.54) is 9.21 Å². The number of hydrogen-bond donors (Lipinski definition) is 1. The number of rotatable bonds is 13. The minimum Gasteiger partial charge on any atom is -0.497 e. The van der Waals surface area contributed by atoms with E-state index in [4.69, 9.17) is 4.74 Å². The fraction of sp³-hybridized carbons (Fsp3) is 0.500. The maximum Gasteiger partial charge on any atom is 0.242 e. The molecule has 204 valence electrons. The number of nitrogens with zero attached hydrogens (tertiary/aromatic N) is 5. The van der Waals surface area contributed by atoms with E-state index in [0.717, 1.165) is 35.7 Å². The first-order valence-corrected chi connectivity index (χ1v) is 13.1. The van der Waals surface area contributed by atoms with Gasteiger partial charge in [0.25, 0.3) is 0 Å². The summed E-state index contributed by atoms with van der Waals surface area (Å²) in [6.07, 6.45) is 0. The van der Waals surface area contributed by atoms with Gasteiger partial charge in [0.05, 0.1) is 37.3 Å². The summed E-state index contributed by atoms with van der Waals surface area (Å²) < 4.78 is 19.8. The summed E-state index contributed by atoms with van der Waals surface area (Å²) in [7, 11) is 9.37. The quantitative estimate of drug-likeness (QED) is 0.417. The molecular formula is C26H40N6O4S. The standard InChI is InChI=1S/C26H40N6O4S/c1-19-14-22(36-8)15-20(2)26(19)37(35)32(7)18-24(33)27-16-25(34)31(6)17-21-10-9-11-23(28-21)30(5)13-12-29(3)4/h9-11,14-15H,12-13,16-18H2,1-8H3,(H,27,33). The van der Waals surface area contributed by atoms with Gasteiger partial charge in [-0.3, -0.25) is 9.59 Å². The normalized spacial score (nSPS) is 11.9. The monoisotopic (exact) mass is 532 g/mol. The van der Waals surface area contributed by atoms with Crippen LogP contribution < -0.4 is 15.0 Å². The van der Waals surface area contributed by atoms with Crippen molar-refractivity contribution in [2.24, 2.45) is 0 Å². The van der Waals surface area contributed by atoms with Crippen molar-refractivity contribution in [3.63, 3.8) is 0 Å². The van der Waals surface area contributed by atoms with E-state index < -0.39 is 11.0 Å². The predicted molar refractivity (Wildman–Crippen MR) is 147 cm³/mol. The molecule has 0 aliphatic heterocycles. The SMILES string of the molecule is COc1cc(C)c(S(=O)N(C)CC(=O)NCC(=O)N(C)Cc2cccc(N(C)CCN(C)C)n2)c(C)c1. The van der Waals surface area contributed by atoms with E-state index in [0.29, 0.717) is 17.2 Å². The highest BCUT2D eigenvalue weighted by molar-refractivity contribution is 7.82. The van der Waals surface area contributed by atoms with Crippen LogP contribution in [0.5, 0.6) is 5.75 Å². The summed E-state index contributed by atoms with van der Waals surface area (Å²) in [5, 5.41) is 2.63. The van der Waals surface area contributed by atoms with Crippen molar-refractivity contribution in [3.05, 3.63) is 47.2 Å². The lowest BCUT2D eigenvalue weighted by Gasteiger charge is -2.22. The van der Waals surface area contributed by atoms with Crippen molar-refractivity contribution in [1.82, 2.24) is 24.4 Å². The third-order valence-corrected chi connectivity index (χ3v) is 7.51. The van der Waals surface area contributed by atoms with Crippen LogP contribution in [0.1, 0.15) is 16.8 Å². The number of ether oxygens (including phenoxy) is 1. The summed E-state index contributed by atoms with van der Waals surface area (Å²) in [5.74, 6) is 0.903. The lowest BCUT2D eigenvalue weighted by molar-refractivity contribution is -0.132. The molecular weight excluding hydrogens is 492 g/mol. The van der Waals surface area contributed by atoms with Gasteiger partial charge in [0.15, 0.2) is 0 Å². The number of carbonyl (C=O) groups is 2. The molecule has 0 bridgehead atoms. The maximum atomic E-state index is 13.0. The average molecular weight is 533 g/mol. The van der Waals surface area contributed by atoms with Gasteiger partial charge in [-0.15, -0.1) is 0 Å². The van der Waals surface area contributed by atoms with E-state index in [1.54, 1.807) is 21.2 Å². The topological polar surface area (TPSA) is 98.3 Å². The van der Waals surface area contributed by atoms with Gasteiger partial charge in [-0.05, 0) is 63.3 Å². The molecule has 2 aromatic rings. The molecule has 10 nitrogen and oxygen atoms in total. The second-order valence-corrected chi connectivity index (χ2v) is 10.9. The number of aromatic nitrogens is 1. The van der Waals surface area contributed by atoms with Gasteiger partial charge in [0, 0.05) is 34.2 Å². The Morgan fingerprint density at radius 2 is 1.68 bits per heavy atom. The summed E-state index contributed by atoms with van der Waals surface area (Å²) >= 11 is 0. The summed E-state index contributed by atoms with van der Waals surface area (Å²) in [6.45, 7) is 5.51. The molecule has 2 rings (SSSR count). The average Bonchev–Trinajstić information content (AvgIpc) is 2.85. The molecule has 0 radical (unpaired) electrons. The molecule has 0 spiro atoms. The second kappa shape index (κ2) is 14.1. The van der Waals surface area contributed by atoms with Crippen molar-refractivity contribution < 1.29 is 18.5 Å². The number of methoxy groups -OCH3 is 1. The smallest absolute Gasteiger partial charge is 0.242 e. The lowest BCUT2D eigenvalue weighted by Crippen LogP contribution is -2.42. The highest BCUT2D eigenvalue weighted by Gasteiger charge is 2.20. The van der Waals surface area contributed by atoms with E-state index in [2.05, 4.69) is 20.1 Å². The Morgan fingerprint density at radius 1 is 1.03 bits per heavy atom. The van der Waals surface area contributed by atoms with Crippen LogP contribution in [0.4, 0.5) is 5.82 Å². The molecule has 1 aromatic carbocycles. The van der Waals surface area contributed by atoms with Gasteiger partial charge in [0.2, 0.25) is 11.8 Å². The molecule has 0 aliphatic rings. The van der Waals surface area contributed by atoms with E-state index >= 15 is 0 Å². The molecule has 11 heteroatoms. The molecule has 2 amide bonds. The van der Waals surface area contributed by atoms with Crippen molar-refractivity contribution in [2.45, 2.75) is 25.3 Å². The number of anilines is 1. The number of benzene rings is 1. The summed E-state index contributed by atoms with van der Waals surface area (Å²) in [5.41, 5.74) is 2.40. The van der Waals surface area contributed by atoms with Gasteiger partial charge < -0.3 is 24.8 Å². The molecule has 1 aromatic heterocycles. The molecule has 0 fully saturated rings. The molecule has 0 aliphatic carbocycles. The zero-order chi connectivity index (χ0) is 27.7. The third-order valence-electron chi connectivity index (χ3n) is 5.82. The Balaban J connectivity index is 1.88.